The predicted molar refractivity (Wildman–Crippen MR) is 65.2 cm³/mol. The van der Waals surface area contributed by atoms with Crippen LogP contribution >= 0.6 is 0 Å². The minimum atomic E-state index is 0.192. The van der Waals surface area contributed by atoms with E-state index < -0.39 is 0 Å². The van der Waals surface area contributed by atoms with Gasteiger partial charge in [0.2, 0.25) is 0 Å². The first-order valence-corrected chi connectivity index (χ1v) is 5.54. The minimum Gasteiger partial charge on any atom is -0.491 e. The Morgan fingerprint density at radius 2 is 1.87 bits per heavy atom. The van der Waals surface area contributed by atoms with Gasteiger partial charge in [0.25, 0.3) is 0 Å². The van der Waals surface area contributed by atoms with Crippen LogP contribution in [0, 0.1) is 5.92 Å². The maximum atomic E-state index is 5.97. The zero-order chi connectivity index (χ0) is 11.4. The Balaban J connectivity index is 2.97. The highest BCUT2D eigenvalue weighted by Gasteiger charge is 2.10. The fourth-order valence-corrected chi connectivity index (χ4v) is 1.57. The summed E-state index contributed by atoms with van der Waals surface area (Å²) >= 11 is 0. The van der Waals surface area contributed by atoms with E-state index in [-0.39, 0.29) is 6.10 Å². The Morgan fingerprint density at radius 3 is 2.40 bits per heavy atom. The van der Waals surface area contributed by atoms with Crippen LogP contribution in [-0.4, -0.2) is 6.10 Å². The minimum absolute atomic E-state index is 0.192. The van der Waals surface area contributed by atoms with Crippen LogP contribution in [0.2, 0.25) is 0 Å². The van der Waals surface area contributed by atoms with Gasteiger partial charge in [0.15, 0.2) is 0 Å². The monoisotopic (exact) mass is 207 g/mol. The topological polar surface area (TPSA) is 35.2 Å². The SMILES string of the molecule is CC(C)Cc1c(N)cccc1OC(C)C. The lowest BCUT2D eigenvalue weighted by Crippen LogP contribution is -2.10. The van der Waals surface area contributed by atoms with Crippen molar-refractivity contribution in [3.05, 3.63) is 23.8 Å². The van der Waals surface area contributed by atoms with Crippen LogP contribution in [0.5, 0.6) is 5.75 Å². The van der Waals surface area contributed by atoms with Gasteiger partial charge in [-0.25, -0.2) is 0 Å². The van der Waals surface area contributed by atoms with Gasteiger partial charge in [-0.2, -0.15) is 0 Å². The highest BCUT2D eigenvalue weighted by molar-refractivity contribution is 5.54. The number of nitrogen functional groups attached to an aromatic ring is 1. The van der Waals surface area contributed by atoms with Crippen molar-refractivity contribution in [2.24, 2.45) is 5.92 Å². The summed E-state index contributed by atoms with van der Waals surface area (Å²) in [7, 11) is 0. The van der Waals surface area contributed by atoms with Crippen LogP contribution in [0.3, 0.4) is 0 Å². The molecule has 0 aliphatic rings. The van der Waals surface area contributed by atoms with Crippen molar-refractivity contribution in [3.63, 3.8) is 0 Å². The molecular formula is C13H21NO. The van der Waals surface area contributed by atoms with Crippen LogP contribution in [-0.2, 0) is 6.42 Å². The molecule has 0 aromatic heterocycles. The number of hydrogen-bond acceptors (Lipinski definition) is 2. The third kappa shape index (κ3) is 3.46. The fraction of sp³-hybridized carbons (Fsp3) is 0.538. The van der Waals surface area contributed by atoms with E-state index in [1.807, 2.05) is 32.0 Å². The summed E-state index contributed by atoms with van der Waals surface area (Å²) in [6, 6.07) is 5.87. The Morgan fingerprint density at radius 1 is 1.20 bits per heavy atom. The number of rotatable bonds is 4. The van der Waals surface area contributed by atoms with E-state index in [0.717, 1.165) is 23.4 Å². The van der Waals surface area contributed by atoms with Crippen LogP contribution in [0.15, 0.2) is 18.2 Å². The van der Waals surface area contributed by atoms with E-state index in [2.05, 4.69) is 13.8 Å². The molecule has 0 amide bonds. The molecule has 0 saturated heterocycles. The van der Waals surface area contributed by atoms with Crippen molar-refractivity contribution < 1.29 is 4.74 Å². The van der Waals surface area contributed by atoms with Gasteiger partial charge in [-0.05, 0) is 38.3 Å². The molecule has 0 radical (unpaired) electrons. The van der Waals surface area contributed by atoms with Crippen molar-refractivity contribution in [2.75, 3.05) is 5.73 Å². The largest absolute Gasteiger partial charge is 0.491 e. The zero-order valence-corrected chi connectivity index (χ0v) is 10.1. The van der Waals surface area contributed by atoms with Gasteiger partial charge in [-0.15, -0.1) is 0 Å². The van der Waals surface area contributed by atoms with Gasteiger partial charge in [0, 0.05) is 11.3 Å². The van der Waals surface area contributed by atoms with Gasteiger partial charge in [0.05, 0.1) is 6.10 Å². The number of nitrogens with two attached hydrogens (primary N) is 1. The normalized spacial score (nSPS) is 11.1. The van der Waals surface area contributed by atoms with Crippen molar-refractivity contribution in [1.82, 2.24) is 0 Å². The van der Waals surface area contributed by atoms with E-state index in [9.17, 15) is 0 Å². The molecule has 2 heteroatoms. The van der Waals surface area contributed by atoms with Gasteiger partial charge in [0.1, 0.15) is 5.75 Å². The summed E-state index contributed by atoms with van der Waals surface area (Å²) in [5.74, 6) is 1.52. The average molecular weight is 207 g/mol. The molecule has 84 valence electrons. The molecule has 1 rings (SSSR count). The summed E-state index contributed by atoms with van der Waals surface area (Å²) in [5, 5.41) is 0. The lowest BCUT2D eigenvalue weighted by molar-refractivity contribution is 0.239. The fourth-order valence-electron chi connectivity index (χ4n) is 1.57. The van der Waals surface area contributed by atoms with Crippen molar-refractivity contribution in [1.29, 1.82) is 0 Å². The summed E-state index contributed by atoms with van der Waals surface area (Å²) in [6.07, 6.45) is 1.16. The number of benzene rings is 1. The first-order valence-electron chi connectivity index (χ1n) is 5.54. The number of anilines is 1. The summed E-state index contributed by atoms with van der Waals surface area (Å²) in [6.45, 7) is 8.43. The summed E-state index contributed by atoms with van der Waals surface area (Å²) < 4.78 is 5.75. The third-order valence-corrected chi connectivity index (χ3v) is 2.14. The molecule has 0 unspecified atom stereocenters. The standard InChI is InChI=1S/C13H21NO/c1-9(2)8-11-12(14)6-5-7-13(11)15-10(3)4/h5-7,9-10H,8,14H2,1-4H3. The Kier molecular flexibility index (Phi) is 4.01. The second-order valence-electron chi connectivity index (χ2n) is 4.59. The van der Waals surface area contributed by atoms with Gasteiger partial charge < -0.3 is 10.5 Å². The van der Waals surface area contributed by atoms with Crippen LogP contribution < -0.4 is 10.5 Å². The van der Waals surface area contributed by atoms with Gasteiger partial charge in [-0.1, -0.05) is 19.9 Å². The molecule has 0 aliphatic carbocycles. The third-order valence-electron chi connectivity index (χ3n) is 2.14. The number of hydrogen-bond donors (Lipinski definition) is 1. The molecule has 2 N–H and O–H groups in total. The highest BCUT2D eigenvalue weighted by Crippen LogP contribution is 2.27. The smallest absolute Gasteiger partial charge is 0.124 e. The van der Waals surface area contributed by atoms with Crippen LogP contribution in [0.1, 0.15) is 33.3 Å². The molecule has 0 saturated carbocycles. The van der Waals surface area contributed by atoms with E-state index in [1.54, 1.807) is 0 Å². The molecule has 1 aromatic rings. The maximum absolute atomic E-state index is 5.97. The quantitative estimate of drug-likeness (QED) is 0.769. The number of ether oxygens (including phenoxy) is 1. The zero-order valence-electron chi connectivity index (χ0n) is 10.1. The summed E-state index contributed by atoms with van der Waals surface area (Å²) in [4.78, 5) is 0. The average Bonchev–Trinajstić information content (AvgIpc) is 2.09. The predicted octanol–water partition coefficient (Wildman–Crippen LogP) is 3.25. The molecule has 0 spiro atoms. The van der Waals surface area contributed by atoms with Crippen molar-refractivity contribution in [2.45, 2.75) is 40.2 Å². The van der Waals surface area contributed by atoms with Crippen molar-refractivity contribution >= 4 is 5.69 Å². The van der Waals surface area contributed by atoms with Gasteiger partial charge in [-0.3, -0.25) is 0 Å². The van der Waals surface area contributed by atoms with E-state index in [0.29, 0.717) is 5.92 Å². The molecule has 0 atom stereocenters. The lowest BCUT2D eigenvalue weighted by Gasteiger charge is -2.17. The van der Waals surface area contributed by atoms with E-state index in [4.69, 9.17) is 10.5 Å². The molecule has 0 heterocycles. The van der Waals surface area contributed by atoms with Crippen molar-refractivity contribution in [3.8, 4) is 5.75 Å². The molecule has 2 nitrogen and oxygen atoms in total. The second-order valence-corrected chi connectivity index (χ2v) is 4.59. The second kappa shape index (κ2) is 5.06. The molecule has 0 bridgehead atoms. The molecule has 0 fully saturated rings. The van der Waals surface area contributed by atoms with E-state index in [1.165, 1.54) is 0 Å². The Bertz CT molecular complexity index is 318. The van der Waals surface area contributed by atoms with Gasteiger partial charge >= 0.3 is 0 Å². The maximum Gasteiger partial charge on any atom is 0.124 e. The first-order chi connectivity index (χ1) is 7.00. The highest BCUT2D eigenvalue weighted by atomic mass is 16.5. The Hall–Kier alpha value is -1.18. The summed E-state index contributed by atoms with van der Waals surface area (Å²) in [5.41, 5.74) is 7.94. The molecule has 1 aromatic carbocycles. The first kappa shape index (κ1) is 11.9. The lowest BCUT2D eigenvalue weighted by atomic mass is 10.0. The van der Waals surface area contributed by atoms with Crippen LogP contribution in [0.25, 0.3) is 0 Å². The molecule has 0 aliphatic heterocycles. The molecule has 15 heavy (non-hydrogen) atoms. The Labute approximate surface area is 92.4 Å². The van der Waals surface area contributed by atoms with E-state index >= 15 is 0 Å². The molecular weight excluding hydrogens is 186 g/mol. The van der Waals surface area contributed by atoms with Crippen LogP contribution in [0.4, 0.5) is 5.69 Å².